The van der Waals surface area contributed by atoms with E-state index >= 15 is 0 Å². The van der Waals surface area contributed by atoms with E-state index in [0.29, 0.717) is 17.3 Å². The Morgan fingerprint density at radius 1 is 1.03 bits per heavy atom. The number of rotatable bonds is 8. The molecular weight excluding hydrogens is 492 g/mol. The van der Waals surface area contributed by atoms with E-state index < -0.39 is 0 Å². The molecule has 0 bridgehead atoms. The molecule has 5 rings (SSSR count). The molecular formula is C27H29ClN6O3. The molecule has 2 amide bonds. The number of ether oxygens (including phenoxy) is 1. The van der Waals surface area contributed by atoms with Gasteiger partial charge in [-0.25, -0.2) is 9.97 Å². The van der Waals surface area contributed by atoms with Crippen LogP contribution >= 0.6 is 11.6 Å². The summed E-state index contributed by atoms with van der Waals surface area (Å²) >= 11 is 6.25. The smallest absolute Gasteiger partial charge is 0.248 e. The molecule has 37 heavy (non-hydrogen) atoms. The topological polar surface area (TPSA) is 99.7 Å². The number of anilines is 3. The van der Waals surface area contributed by atoms with Crippen molar-refractivity contribution in [2.24, 2.45) is 0 Å². The molecule has 2 aliphatic heterocycles. The van der Waals surface area contributed by atoms with Crippen LogP contribution in [0.3, 0.4) is 0 Å². The predicted octanol–water partition coefficient (Wildman–Crippen LogP) is 3.31. The van der Waals surface area contributed by atoms with E-state index in [0.717, 1.165) is 74.6 Å². The van der Waals surface area contributed by atoms with Crippen LogP contribution in [0.15, 0.2) is 54.9 Å². The van der Waals surface area contributed by atoms with E-state index in [1.807, 2.05) is 30.3 Å². The Labute approximate surface area is 220 Å². The molecule has 2 N–H and O–H groups in total. The second-order valence-electron chi connectivity index (χ2n) is 9.03. The van der Waals surface area contributed by atoms with Crippen molar-refractivity contribution in [1.82, 2.24) is 20.2 Å². The van der Waals surface area contributed by atoms with Crippen LogP contribution in [0.4, 0.5) is 17.2 Å². The van der Waals surface area contributed by atoms with Gasteiger partial charge in [-0.2, -0.15) is 0 Å². The number of amides is 2. The fourth-order valence-electron chi connectivity index (χ4n) is 4.64. The van der Waals surface area contributed by atoms with Gasteiger partial charge in [-0.3, -0.25) is 14.5 Å². The summed E-state index contributed by atoms with van der Waals surface area (Å²) in [6.45, 7) is 5.63. The number of hydrogen-bond donors (Lipinski definition) is 2. The van der Waals surface area contributed by atoms with Gasteiger partial charge in [0.25, 0.3) is 0 Å². The zero-order valence-corrected chi connectivity index (χ0v) is 21.2. The normalized spacial score (nSPS) is 15.8. The summed E-state index contributed by atoms with van der Waals surface area (Å²) in [7, 11) is 0. The van der Waals surface area contributed by atoms with E-state index in [4.69, 9.17) is 16.3 Å². The Hall–Kier alpha value is -3.53. The molecule has 0 radical (unpaired) electrons. The molecule has 2 aromatic carbocycles. The molecule has 0 atom stereocenters. The zero-order valence-electron chi connectivity index (χ0n) is 20.5. The summed E-state index contributed by atoms with van der Waals surface area (Å²) in [6, 6.07) is 11.4. The first-order valence-corrected chi connectivity index (χ1v) is 12.8. The van der Waals surface area contributed by atoms with Crippen molar-refractivity contribution >= 4 is 51.5 Å². The van der Waals surface area contributed by atoms with E-state index in [1.54, 1.807) is 12.4 Å². The van der Waals surface area contributed by atoms with Gasteiger partial charge < -0.3 is 20.3 Å². The van der Waals surface area contributed by atoms with E-state index in [9.17, 15) is 9.59 Å². The number of morpholine rings is 1. The number of fused-ring (bicyclic) bond motifs is 2. The van der Waals surface area contributed by atoms with Gasteiger partial charge in [-0.1, -0.05) is 17.7 Å². The van der Waals surface area contributed by atoms with Crippen LogP contribution < -0.4 is 15.5 Å². The van der Waals surface area contributed by atoms with Crippen LogP contribution in [0.25, 0.3) is 10.9 Å². The molecule has 192 valence electrons. The summed E-state index contributed by atoms with van der Waals surface area (Å²) in [5, 5.41) is 7.13. The average molecular weight is 521 g/mol. The minimum Gasteiger partial charge on any atom is -0.379 e. The minimum absolute atomic E-state index is 0.294. The SMILES string of the molecule is O=C(/C=C/C(=O)Nc1ccc2ncnc(N3CCc4ccc(Cl)cc43)c2c1)NCCCN1CCOCC1. The maximum atomic E-state index is 12.5. The maximum Gasteiger partial charge on any atom is 0.248 e. The lowest BCUT2D eigenvalue weighted by molar-refractivity contribution is -0.117. The quantitative estimate of drug-likeness (QED) is 0.347. The first kappa shape index (κ1) is 25.1. The third kappa shape index (κ3) is 6.25. The molecule has 3 aromatic rings. The van der Waals surface area contributed by atoms with Crippen LogP contribution in [0.2, 0.25) is 5.02 Å². The first-order valence-electron chi connectivity index (χ1n) is 12.4. The summed E-state index contributed by atoms with van der Waals surface area (Å²) in [4.78, 5) is 37.9. The number of benzene rings is 2. The van der Waals surface area contributed by atoms with Crippen LogP contribution in [-0.2, 0) is 20.7 Å². The number of nitrogens with zero attached hydrogens (tertiary/aromatic N) is 4. The molecule has 0 unspecified atom stereocenters. The molecule has 2 aliphatic rings. The highest BCUT2D eigenvalue weighted by Gasteiger charge is 2.23. The summed E-state index contributed by atoms with van der Waals surface area (Å²) in [5.41, 5.74) is 3.60. The van der Waals surface area contributed by atoms with Crippen LogP contribution in [0.1, 0.15) is 12.0 Å². The van der Waals surface area contributed by atoms with Crippen LogP contribution in [-0.4, -0.2) is 72.6 Å². The number of aromatic nitrogens is 2. The van der Waals surface area contributed by atoms with E-state index in [2.05, 4.69) is 30.4 Å². The predicted molar refractivity (Wildman–Crippen MR) is 144 cm³/mol. The van der Waals surface area contributed by atoms with Crippen molar-refractivity contribution < 1.29 is 14.3 Å². The lowest BCUT2D eigenvalue weighted by Gasteiger charge is -2.26. The molecule has 1 fully saturated rings. The number of carbonyl (C=O) groups excluding carboxylic acids is 2. The molecule has 0 aliphatic carbocycles. The Morgan fingerprint density at radius 2 is 1.86 bits per heavy atom. The van der Waals surface area contributed by atoms with Crippen molar-refractivity contribution in [3.63, 3.8) is 0 Å². The van der Waals surface area contributed by atoms with Gasteiger partial charge in [-0.15, -0.1) is 0 Å². The molecule has 0 spiro atoms. The summed E-state index contributed by atoms with van der Waals surface area (Å²) in [5.74, 6) is 0.0753. The fourth-order valence-corrected chi connectivity index (χ4v) is 4.81. The lowest BCUT2D eigenvalue weighted by atomic mass is 10.1. The molecule has 1 saturated heterocycles. The summed E-state index contributed by atoms with van der Waals surface area (Å²) < 4.78 is 5.34. The van der Waals surface area contributed by atoms with Crippen molar-refractivity contribution in [2.75, 3.05) is 56.2 Å². The lowest BCUT2D eigenvalue weighted by Crippen LogP contribution is -2.38. The average Bonchev–Trinajstić information content (AvgIpc) is 3.33. The Morgan fingerprint density at radius 3 is 2.73 bits per heavy atom. The highest BCUT2D eigenvalue weighted by molar-refractivity contribution is 6.31. The molecule has 1 aromatic heterocycles. The van der Waals surface area contributed by atoms with Gasteiger partial charge in [0.05, 0.1) is 18.7 Å². The maximum absolute atomic E-state index is 12.5. The van der Waals surface area contributed by atoms with Gasteiger partial charge in [0.1, 0.15) is 12.1 Å². The van der Waals surface area contributed by atoms with E-state index in [1.165, 1.54) is 17.7 Å². The van der Waals surface area contributed by atoms with Gasteiger partial charge >= 0.3 is 0 Å². The third-order valence-electron chi connectivity index (χ3n) is 6.52. The minimum atomic E-state index is -0.389. The van der Waals surface area contributed by atoms with Crippen molar-refractivity contribution in [1.29, 1.82) is 0 Å². The highest BCUT2D eigenvalue weighted by atomic mass is 35.5. The van der Waals surface area contributed by atoms with Gasteiger partial charge in [-0.05, 0) is 55.3 Å². The van der Waals surface area contributed by atoms with Crippen molar-refractivity contribution in [3.8, 4) is 0 Å². The highest BCUT2D eigenvalue weighted by Crippen LogP contribution is 2.38. The van der Waals surface area contributed by atoms with Gasteiger partial charge in [0.2, 0.25) is 11.8 Å². The largest absolute Gasteiger partial charge is 0.379 e. The van der Waals surface area contributed by atoms with Crippen LogP contribution in [0.5, 0.6) is 0 Å². The molecule has 10 heteroatoms. The Kier molecular flexibility index (Phi) is 7.93. The zero-order chi connectivity index (χ0) is 25.6. The van der Waals surface area contributed by atoms with Gasteiger partial charge in [0.15, 0.2) is 0 Å². The second kappa shape index (κ2) is 11.7. The molecule has 9 nitrogen and oxygen atoms in total. The third-order valence-corrected chi connectivity index (χ3v) is 6.76. The molecule has 3 heterocycles. The van der Waals surface area contributed by atoms with Gasteiger partial charge in [0, 0.05) is 60.1 Å². The Bertz CT molecular complexity index is 1320. The van der Waals surface area contributed by atoms with Crippen molar-refractivity contribution in [3.05, 3.63) is 65.5 Å². The number of hydrogen-bond acceptors (Lipinski definition) is 7. The van der Waals surface area contributed by atoms with E-state index in [-0.39, 0.29) is 11.8 Å². The number of halogens is 1. The summed E-state index contributed by atoms with van der Waals surface area (Å²) in [6.07, 6.45) is 5.78. The number of nitrogens with one attached hydrogen (secondary N) is 2. The van der Waals surface area contributed by atoms with Crippen LogP contribution in [0, 0.1) is 0 Å². The standard InChI is InChI=1S/C27H29ClN6O3/c28-20-3-2-19-8-11-34(24(19)16-20)27-22-17-21(4-5-23(22)30-18-31-27)32-26(36)7-6-25(35)29-9-1-10-33-12-14-37-15-13-33/h2-7,16-18H,1,8-15H2,(H,29,35)(H,32,36)/b7-6+. The molecule has 0 saturated carbocycles. The Balaban J connectivity index is 1.19. The second-order valence-corrected chi connectivity index (χ2v) is 9.46. The fraction of sp³-hybridized carbons (Fsp3) is 0.333. The monoisotopic (exact) mass is 520 g/mol. The van der Waals surface area contributed by atoms with Crippen molar-refractivity contribution in [2.45, 2.75) is 12.8 Å². The first-order chi connectivity index (χ1) is 18.1. The number of carbonyl (C=O) groups is 2.